The lowest BCUT2D eigenvalue weighted by Crippen LogP contribution is -2.31. The summed E-state index contributed by atoms with van der Waals surface area (Å²) in [6.45, 7) is 0. The van der Waals surface area contributed by atoms with Gasteiger partial charge in [-0.05, 0) is 18.2 Å². The van der Waals surface area contributed by atoms with Gasteiger partial charge in [-0.1, -0.05) is 57.9 Å². The Labute approximate surface area is 137 Å². The van der Waals surface area contributed by atoms with Crippen LogP contribution in [0.25, 0.3) is 0 Å². The van der Waals surface area contributed by atoms with Gasteiger partial charge in [-0.3, -0.25) is 4.79 Å². The number of benzene rings is 2. The number of likely N-dealkylation sites (N-methyl/N-ethyl adjacent to an activating group) is 1. The topological polar surface area (TPSA) is 29.5 Å². The highest BCUT2D eigenvalue weighted by Crippen LogP contribution is 2.32. The number of hydrogen-bond donors (Lipinski definition) is 0. The Morgan fingerprint density at radius 2 is 1.86 bits per heavy atom. The van der Waals surface area contributed by atoms with E-state index in [2.05, 4.69) is 15.9 Å². The summed E-state index contributed by atoms with van der Waals surface area (Å²) in [5.74, 6) is 0.337. The molecule has 3 nitrogen and oxygen atoms in total. The minimum absolute atomic E-state index is 0.139. The molecule has 0 N–H and O–H groups in total. The van der Waals surface area contributed by atoms with Gasteiger partial charge in [-0.2, -0.15) is 0 Å². The van der Waals surface area contributed by atoms with Crippen molar-refractivity contribution in [2.75, 3.05) is 14.1 Å². The summed E-state index contributed by atoms with van der Waals surface area (Å²) < 4.78 is 6.72. The first-order chi connectivity index (χ1) is 9.99. The van der Waals surface area contributed by atoms with Crippen molar-refractivity contribution in [3.8, 4) is 5.75 Å². The Hall–Kier alpha value is -1.52. The normalized spacial score (nSPS) is 11.8. The van der Waals surface area contributed by atoms with Crippen LogP contribution in [-0.2, 0) is 4.79 Å². The third kappa shape index (κ3) is 3.99. The summed E-state index contributed by atoms with van der Waals surface area (Å²) in [6.07, 6.45) is -0.722. The predicted octanol–water partition coefficient (Wildman–Crippen LogP) is 4.31. The summed E-state index contributed by atoms with van der Waals surface area (Å²) in [5, 5.41) is 0.455. The van der Waals surface area contributed by atoms with Gasteiger partial charge in [0.15, 0.2) is 0 Å². The predicted molar refractivity (Wildman–Crippen MR) is 87.7 cm³/mol. The minimum atomic E-state index is -0.722. The smallest absolute Gasteiger partial charge is 0.267 e. The summed E-state index contributed by atoms with van der Waals surface area (Å²) in [4.78, 5) is 13.9. The van der Waals surface area contributed by atoms with E-state index in [1.165, 1.54) is 4.90 Å². The summed E-state index contributed by atoms with van der Waals surface area (Å²) in [5.41, 5.74) is 0.787. The summed E-state index contributed by atoms with van der Waals surface area (Å²) in [6, 6.07) is 14.7. The number of hydrogen-bond acceptors (Lipinski definition) is 2. The molecule has 2 rings (SSSR count). The number of amides is 1. The van der Waals surface area contributed by atoms with Crippen molar-refractivity contribution in [1.29, 1.82) is 0 Å². The highest BCUT2D eigenvalue weighted by atomic mass is 79.9. The zero-order chi connectivity index (χ0) is 15.4. The van der Waals surface area contributed by atoms with Gasteiger partial charge in [0.2, 0.25) is 6.10 Å². The number of nitrogens with zero attached hydrogens (tertiary/aromatic N) is 1. The van der Waals surface area contributed by atoms with Gasteiger partial charge in [0.05, 0.1) is 5.02 Å². The van der Waals surface area contributed by atoms with Gasteiger partial charge in [0.25, 0.3) is 5.91 Å². The van der Waals surface area contributed by atoms with E-state index in [1.807, 2.05) is 36.4 Å². The van der Waals surface area contributed by atoms with E-state index in [4.69, 9.17) is 16.3 Å². The van der Waals surface area contributed by atoms with Gasteiger partial charge in [0.1, 0.15) is 5.75 Å². The number of carbonyl (C=O) groups excluding carboxylic acids is 1. The molecule has 110 valence electrons. The molecule has 0 aliphatic carbocycles. The van der Waals surface area contributed by atoms with Crippen LogP contribution in [0.1, 0.15) is 11.7 Å². The largest absolute Gasteiger partial charge is 0.474 e. The summed E-state index contributed by atoms with van der Waals surface area (Å²) >= 11 is 9.51. The maximum Gasteiger partial charge on any atom is 0.267 e. The molecule has 0 bridgehead atoms. The molecular formula is C16H15BrClNO2. The van der Waals surface area contributed by atoms with E-state index in [1.54, 1.807) is 26.2 Å². The molecule has 0 saturated carbocycles. The van der Waals surface area contributed by atoms with Crippen molar-refractivity contribution in [3.63, 3.8) is 0 Å². The van der Waals surface area contributed by atoms with Crippen LogP contribution in [-0.4, -0.2) is 24.9 Å². The van der Waals surface area contributed by atoms with E-state index in [-0.39, 0.29) is 5.91 Å². The zero-order valence-electron chi connectivity index (χ0n) is 11.7. The van der Waals surface area contributed by atoms with Gasteiger partial charge in [0, 0.05) is 24.1 Å². The molecule has 2 aromatic rings. The molecule has 0 fully saturated rings. The lowest BCUT2D eigenvalue weighted by atomic mass is 10.1. The highest BCUT2D eigenvalue weighted by molar-refractivity contribution is 9.10. The van der Waals surface area contributed by atoms with Crippen LogP contribution < -0.4 is 4.74 Å². The molecule has 0 radical (unpaired) electrons. The third-order valence-electron chi connectivity index (χ3n) is 2.91. The fourth-order valence-corrected chi connectivity index (χ4v) is 2.54. The van der Waals surface area contributed by atoms with E-state index < -0.39 is 6.10 Å². The van der Waals surface area contributed by atoms with E-state index >= 15 is 0 Å². The van der Waals surface area contributed by atoms with Gasteiger partial charge < -0.3 is 9.64 Å². The van der Waals surface area contributed by atoms with Crippen molar-refractivity contribution >= 4 is 33.4 Å². The first kappa shape index (κ1) is 15.9. The third-order valence-corrected chi connectivity index (χ3v) is 3.69. The van der Waals surface area contributed by atoms with Crippen LogP contribution >= 0.6 is 27.5 Å². The highest BCUT2D eigenvalue weighted by Gasteiger charge is 2.25. The van der Waals surface area contributed by atoms with Gasteiger partial charge in [-0.15, -0.1) is 0 Å². The molecule has 21 heavy (non-hydrogen) atoms. The Morgan fingerprint density at radius 3 is 2.43 bits per heavy atom. The molecule has 0 spiro atoms. The Morgan fingerprint density at radius 1 is 1.19 bits per heavy atom. The fraction of sp³-hybridized carbons (Fsp3) is 0.188. The molecule has 0 aliphatic heterocycles. The van der Waals surface area contributed by atoms with Crippen LogP contribution in [0.15, 0.2) is 53.0 Å². The van der Waals surface area contributed by atoms with Crippen molar-refractivity contribution in [3.05, 3.63) is 63.6 Å². The second-order valence-electron chi connectivity index (χ2n) is 4.72. The fourth-order valence-electron chi connectivity index (χ4n) is 1.82. The van der Waals surface area contributed by atoms with Crippen molar-refractivity contribution < 1.29 is 9.53 Å². The maximum atomic E-state index is 12.4. The molecule has 0 aliphatic rings. The molecule has 1 unspecified atom stereocenters. The van der Waals surface area contributed by atoms with Crippen molar-refractivity contribution in [2.24, 2.45) is 0 Å². The molecule has 5 heteroatoms. The summed E-state index contributed by atoms with van der Waals surface area (Å²) in [7, 11) is 3.40. The maximum absolute atomic E-state index is 12.4. The molecule has 0 aromatic heterocycles. The Balaban J connectivity index is 2.34. The van der Waals surface area contributed by atoms with E-state index in [0.717, 1.165) is 10.0 Å². The van der Waals surface area contributed by atoms with Crippen LogP contribution in [0, 0.1) is 0 Å². The van der Waals surface area contributed by atoms with Gasteiger partial charge >= 0.3 is 0 Å². The number of carbonyl (C=O) groups is 1. The lowest BCUT2D eigenvalue weighted by Gasteiger charge is -2.22. The Kier molecular flexibility index (Phi) is 5.26. The average Bonchev–Trinajstić information content (AvgIpc) is 2.46. The van der Waals surface area contributed by atoms with Crippen molar-refractivity contribution in [2.45, 2.75) is 6.10 Å². The first-order valence-electron chi connectivity index (χ1n) is 6.37. The average molecular weight is 369 g/mol. The molecule has 0 heterocycles. The second kappa shape index (κ2) is 6.96. The quantitative estimate of drug-likeness (QED) is 0.805. The van der Waals surface area contributed by atoms with E-state index in [9.17, 15) is 4.79 Å². The van der Waals surface area contributed by atoms with Crippen LogP contribution in [0.3, 0.4) is 0 Å². The second-order valence-corrected chi connectivity index (χ2v) is 6.04. The first-order valence-corrected chi connectivity index (χ1v) is 7.54. The molecule has 0 saturated heterocycles. The number of ether oxygens (including phenoxy) is 1. The molecular weight excluding hydrogens is 354 g/mol. The number of rotatable bonds is 4. The standard InChI is InChI=1S/C16H15BrClNO2/c1-19(2)16(20)15(11-6-4-3-5-7-11)21-14-9-8-12(17)10-13(14)18/h3-10,15H,1-2H3. The van der Waals surface area contributed by atoms with Crippen LogP contribution in [0.4, 0.5) is 0 Å². The van der Waals surface area contributed by atoms with Gasteiger partial charge in [-0.25, -0.2) is 0 Å². The Bertz CT molecular complexity index is 631. The minimum Gasteiger partial charge on any atom is -0.474 e. The SMILES string of the molecule is CN(C)C(=O)C(Oc1ccc(Br)cc1Cl)c1ccccc1. The molecule has 2 aromatic carbocycles. The monoisotopic (exact) mass is 367 g/mol. The molecule has 1 atom stereocenters. The van der Waals surface area contributed by atoms with E-state index in [0.29, 0.717) is 10.8 Å². The van der Waals surface area contributed by atoms with Crippen LogP contribution in [0.5, 0.6) is 5.75 Å². The lowest BCUT2D eigenvalue weighted by molar-refractivity contribution is -0.136. The number of halogens is 2. The molecule has 1 amide bonds. The van der Waals surface area contributed by atoms with Crippen LogP contribution in [0.2, 0.25) is 5.02 Å². The van der Waals surface area contributed by atoms with Crippen molar-refractivity contribution in [1.82, 2.24) is 4.90 Å². The zero-order valence-corrected chi connectivity index (χ0v) is 14.1.